The van der Waals surface area contributed by atoms with E-state index in [0.717, 1.165) is 10.4 Å². The summed E-state index contributed by atoms with van der Waals surface area (Å²) in [6.45, 7) is 4.86. The van der Waals surface area contributed by atoms with E-state index in [0.29, 0.717) is 50.7 Å². The van der Waals surface area contributed by atoms with Crippen LogP contribution in [0.5, 0.6) is 0 Å². The maximum Gasteiger partial charge on any atom is 0.276 e. The molecular formula is C22H23N5O3S. The molecule has 4 heterocycles. The van der Waals surface area contributed by atoms with Crippen molar-refractivity contribution in [3.05, 3.63) is 69.2 Å². The Morgan fingerprint density at radius 3 is 2.42 bits per heavy atom. The van der Waals surface area contributed by atoms with Crippen molar-refractivity contribution < 1.29 is 14.3 Å². The van der Waals surface area contributed by atoms with Crippen LogP contribution in [0, 0.1) is 6.92 Å². The lowest BCUT2D eigenvalue weighted by atomic mass is 10.1. The van der Waals surface area contributed by atoms with E-state index < -0.39 is 0 Å². The van der Waals surface area contributed by atoms with Crippen LogP contribution in [-0.4, -0.2) is 62.8 Å². The fourth-order valence-electron chi connectivity index (χ4n) is 3.98. The van der Waals surface area contributed by atoms with Crippen LogP contribution in [0.15, 0.2) is 41.8 Å². The van der Waals surface area contributed by atoms with Gasteiger partial charge in [0.2, 0.25) is 0 Å². The minimum absolute atomic E-state index is 0.0266. The van der Waals surface area contributed by atoms with Crippen molar-refractivity contribution in [3.63, 3.8) is 0 Å². The number of rotatable bonds is 3. The summed E-state index contributed by atoms with van der Waals surface area (Å²) >= 11 is 1.44. The normalized spacial score (nSPS) is 18.7. The number of benzene rings is 1. The third-order valence-electron chi connectivity index (χ3n) is 5.84. The first-order valence-electron chi connectivity index (χ1n) is 10.3. The number of hydrogen-bond donors (Lipinski definition) is 0. The average Bonchev–Trinajstić information content (AvgIpc) is 3.49. The molecule has 1 fully saturated rings. The molecule has 31 heavy (non-hydrogen) atoms. The van der Waals surface area contributed by atoms with Crippen molar-refractivity contribution in [1.82, 2.24) is 24.8 Å². The van der Waals surface area contributed by atoms with Gasteiger partial charge in [-0.15, -0.1) is 16.4 Å². The largest absolute Gasteiger partial charge is 0.365 e. The molecule has 1 unspecified atom stereocenters. The molecule has 0 bridgehead atoms. The number of aryl methyl sites for hydroxylation is 1. The molecule has 5 rings (SSSR count). The summed E-state index contributed by atoms with van der Waals surface area (Å²) in [6.07, 6.45) is -0.107. The molecule has 1 atom stereocenters. The van der Waals surface area contributed by atoms with E-state index >= 15 is 0 Å². The standard InChI is InChI=1S/C22H23N5O3S/c1-15-4-6-16(7-5-15)18-13-27-17(14-30-18)20(23-24-27)22(29)26-10-8-25(9-11-26)21(28)19-3-2-12-31-19/h2-7,12,18H,8-11,13-14H2,1H3. The molecule has 2 aromatic heterocycles. The molecule has 0 aliphatic carbocycles. The molecule has 1 saturated heterocycles. The summed E-state index contributed by atoms with van der Waals surface area (Å²) < 4.78 is 7.81. The van der Waals surface area contributed by atoms with Gasteiger partial charge in [0.05, 0.1) is 23.7 Å². The fraction of sp³-hybridized carbons (Fsp3) is 0.364. The number of fused-ring (bicyclic) bond motifs is 1. The maximum absolute atomic E-state index is 13.1. The van der Waals surface area contributed by atoms with Gasteiger partial charge in [-0.3, -0.25) is 9.59 Å². The molecule has 8 nitrogen and oxygen atoms in total. The van der Waals surface area contributed by atoms with E-state index in [4.69, 9.17) is 4.74 Å². The Morgan fingerprint density at radius 2 is 1.74 bits per heavy atom. The second-order valence-corrected chi connectivity index (χ2v) is 8.79. The lowest BCUT2D eigenvalue weighted by Crippen LogP contribution is -2.50. The quantitative estimate of drug-likeness (QED) is 0.629. The van der Waals surface area contributed by atoms with Gasteiger partial charge in [0.15, 0.2) is 5.69 Å². The first kappa shape index (κ1) is 19.9. The third kappa shape index (κ3) is 3.86. The second-order valence-electron chi connectivity index (χ2n) is 7.84. The summed E-state index contributed by atoms with van der Waals surface area (Å²) in [4.78, 5) is 29.9. The molecule has 2 aliphatic heterocycles. The zero-order chi connectivity index (χ0) is 21.4. The highest BCUT2D eigenvalue weighted by Crippen LogP contribution is 2.27. The number of amides is 2. The van der Waals surface area contributed by atoms with Gasteiger partial charge in [0, 0.05) is 26.2 Å². The zero-order valence-electron chi connectivity index (χ0n) is 17.2. The predicted molar refractivity (Wildman–Crippen MR) is 115 cm³/mol. The minimum atomic E-state index is -0.151. The fourth-order valence-corrected chi connectivity index (χ4v) is 4.67. The Balaban J connectivity index is 1.24. The number of hydrogen-bond acceptors (Lipinski definition) is 6. The number of ether oxygens (including phenoxy) is 1. The van der Waals surface area contributed by atoms with E-state index in [1.165, 1.54) is 16.9 Å². The van der Waals surface area contributed by atoms with Crippen LogP contribution in [0.25, 0.3) is 0 Å². The molecule has 0 saturated carbocycles. The maximum atomic E-state index is 13.1. The summed E-state index contributed by atoms with van der Waals surface area (Å²) in [5.41, 5.74) is 3.35. The number of carbonyl (C=O) groups excluding carboxylic acids is 2. The van der Waals surface area contributed by atoms with Crippen molar-refractivity contribution in [2.75, 3.05) is 26.2 Å². The highest BCUT2D eigenvalue weighted by molar-refractivity contribution is 7.12. The van der Waals surface area contributed by atoms with Gasteiger partial charge < -0.3 is 14.5 Å². The van der Waals surface area contributed by atoms with Crippen molar-refractivity contribution in [1.29, 1.82) is 0 Å². The number of piperazine rings is 1. The Morgan fingerprint density at radius 1 is 1.03 bits per heavy atom. The van der Waals surface area contributed by atoms with Gasteiger partial charge >= 0.3 is 0 Å². The van der Waals surface area contributed by atoms with Crippen molar-refractivity contribution in [2.45, 2.75) is 26.2 Å². The van der Waals surface area contributed by atoms with Gasteiger partial charge in [0.1, 0.15) is 6.10 Å². The highest BCUT2D eigenvalue weighted by atomic mass is 32.1. The number of nitrogens with zero attached hydrogens (tertiary/aromatic N) is 5. The SMILES string of the molecule is Cc1ccc(C2Cn3nnc(C(=O)N4CCN(C(=O)c5cccs5)CC4)c3CO2)cc1. The Hall–Kier alpha value is -3.04. The molecule has 9 heteroatoms. The van der Waals surface area contributed by atoms with Gasteiger partial charge in [-0.2, -0.15) is 0 Å². The zero-order valence-corrected chi connectivity index (χ0v) is 18.0. The molecule has 2 amide bonds. The van der Waals surface area contributed by atoms with Crippen LogP contribution >= 0.6 is 11.3 Å². The highest BCUT2D eigenvalue weighted by Gasteiger charge is 2.32. The van der Waals surface area contributed by atoms with E-state index in [-0.39, 0.29) is 17.9 Å². The van der Waals surface area contributed by atoms with Crippen molar-refractivity contribution in [2.24, 2.45) is 0 Å². The summed E-state index contributed by atoms with van der Waals surface area (Å²) in [7, 11) is 0. The smallest absolute Gasteiger partial charge is 0.276 e. The average molecular weight is 438 g/mol. The third-order valence-corrected chi connectivity index (χ3v) is 6.69. The van der Waals surface area contributed by atoms with Crippen LogP contribution in [0.4, 0.5) is 0 Å². The summed E-state index contributed by atoms with van der Waals surface area (Å²) in [5.74, 6) is -0.124. The van der Waals surface area contributed by atoms with Crippen molar-refractivity contribution in [3.8, 4) is 0 Å². The lowest BCUT2D eigenvalue weighted by molar-refractivity contribution is -0.00203. The monoisotopic (exact) mass is 437 g/mol. The van der Waals surface area contributed by atoms with Crippen LogP contribution in [0.3, 0.4) is 0 Å². The van der Waals surface area contributed by atoms with E-state index in [1.54, 1.807) is 14.5 Å². The minimum Gasteiger partial charge on any atom is -0.365 e. The van der Waals surface area contributed by atoms with Crippen LogP contribution in [-0.2, 0) is 17.9 Å². The van der Waals surface area contributed by atoms with E-state index in [1.807, 2.05) is 17.5 Å². The predicted octanol–water partition coefficient (Wildman–Crippen LogP) is 2.52. The lowest BCUT2D eigenvalue weighted by Gasteiger charge is -2.34. The van der Waals surface area contributed by atoms with Crippen LogP contribution < -0.4 is 0 Å². The second kappa shape index (κ2) is 8.24. The van der Waals surface area contributed by atoms with Gasteiger partial charge in [-0.05, 0) is 23.9 Å². The molecule has 0 N–H and O–H groups in total. The number of thiophene rings is 1. The number of carbonyl (C=O) groups is 2. The first-order valence-corrected chi connectivity index (χ1v) is 11.2. The Kier molecular flexibility index (Phi) is 5.29. The summed E-state index contributed by atoms with van der Waals surface area (Å²) in [5, 5.41) is 10.3. The molecule has 3 aromatic rings. The van der Waals surface area contributed by atoms with Crippen LogP contribution in [0.1, 0.15) is 43.1 Å². The summed E-state index contributed by atoms with van der Waals surface area (Å²) in [6, 6.07) is 12.0. The van der Waals surface area contributed by atoms with E-state index in [9.17, 15) is 9.59 Å². The Bertz CT molecular complexity index is 1090. The molecule has 0 spiro atoms. The van der Waals surface area contributed by atoms with Gasteiger partial charge in [-0.1, -0.05) is 41.1 Å². The molecule has 1 aromatic carbocycles. The van der Waals surface area contributed by atoms with Crippen LogP contribution in [0.2, 0.25) is 0 Å². The molecule has 160 valence electrons. The van der Waals surface area contributed by atoms with Gasteiger partial charge in [0.25, 0.3) is 11.8 Å². The Labute approximate surface area is 184 Å². The number of aromatic nitrogens is 3. The molecule has 0 radical (unpaired) electrons. The molecule has 2 aliphatic rings. The first-order chi connectivity index (χ1) is 15.1. The van der Waals surface area contributed by atoms with Crippen molar-refractivity contribution >= 4 is 23.2 Å². The van der Waals surface area contributed by atoms with Gasteiger partial charge in [-0.25, -0.2) is 4.68 Å². The molecular weight excluding hydrogens is 414 g/mol. The topological polar surface area (TPSA) is 80.6 Å². The van der Waals surface area contributed by atoms with E-state index in [2.05, 4.69) is 41.5 Å².